The quantitative estimate of drug-likeness (QED) is 0.843. The summed E-state index contributed by atoms with van der Waals surface area (Å²) in [7, 11) is 1.37. The molecule has 0 radical (unpaired) electrons. The molecule has 0 fully saturated rings. The third-order valence-electron chi connectivity index (χ3n) is 2.78. The molecule has 0 saturated heterocycles. The van der Waals surface area contributed by atoms with Gasteiger partial charge in [-0.3, -0.25) is 9.63 Å². The summed E-state index contributed by atoms with van der Waals surface area (Å²) in [5, 5.41) is 0. The Kier molecular flexibility index (Phi) is 4.30. The van der Waals surface area contributed by atoms with Crippen molar-refractivity contribution < 1.29 is 18.4 Å². The molecule has 1 unspecified atom stereocenters. The maximum absolute atomic E-state index is 12.9. The number of halogens is 1. The molecular formula is C14H14FNO3. The summed E-state index contributed by atoms with van der Waals surface area (Å²) in [5.74, 6) is -0.453. The van der Waals surface area contributed by atoms with Crippen LogP contribution in [0, 0.1) is 5.82 Å². The highest BCUT2D eigenvalue weighted by atomic mass is 19.1. The minimum Gasteiger partial charge on any atom is -0.469 e. The predicted octanol–water partition coefficient (Wildman–Crippen LogP) is 2.42. The molecule has 0 aliphatic carbocycles. The zero-order chi connectivity index (χ0) is 13.7. The molecule has 1 N–H and O–H groups in total. The van der Waals surface area contributed by atoms with E-state index in [4.69, 9.17) is 4.42 Å². The monoisotopic (exact) mass is 263 g/mol. The summed E-state index contributed by atoms with van der Waals surface area (Å²) in [6.45, 7) is 0. The molecule has 0 aliphatic heterocycles. The van der Waals surface area contributed by atoms with E-state index in [1.165, 1.54) is 19.2 Å². The maximum Gasteiger partial charge on any atom is 0.251 e. The third-order valence-corrected chi connectivity index (χ3v) is 2.78. The number of amides is 1. The summed E-state index contributed by atoms with van der Waals surface area (Å²) in [6, 6.07) is 9.35. The number of nitrogens with one attached hydrogen (secondary N) is 1. The number of furan rings is 1. The van der Waals surface area contributed by atoms with Crippen molar-refractivity contribution in [1.29, 1.82) is 0 Å². The normalized spacial score (nSPS) is 12.1. The lowest BCUT2D eigenvalue weighted by Crippen LogP contribution is -2.29. The first kappa shape index (κ1) is 13.3. The van der Waals surface area contributed by atoms with Crippen molar-refractivity contribution in [3.8, 4) is 0 Å². The van der Waals surface area contributed by atoms with Crippen molar-refractivity contribution >= 4 is 5.91 Å². The van der Waals surface area contributed by atoms with Gasteiger partial charge in [0.05, 0.1) is 19.3 Å². The molecule has 1 atom stereocenters. The molecule has 5 heteroatoms. The molecule has 0 aliphatic rings. The second-order valence-electron chi connectivity index (χ2n) is 4.06. The van der Waals surface area contributed by atoms with Crippen LogP contribution in [0.5, 0.6) is 0 Å². The van der Waals surface area contributed by atoms with Crippen LogP contribution in [0.3, 0.4) is 0 Å². The van der Waals surface area contributed by atoms with E-state index in [-0.39, 0.29) is 11.7 Å². The first-order chi connectivity index (χ1) is 9.20. The van der Waals surface area contributed by atoms with E-state index in [0.717, 1.165) is 0 Å². The molecule has 19 heavy (non-hydrogen) atoms. The van der Waals surface area contributed by atoms with Gasteiger partial charge in [-0.1, -0.05) is 12.1 Å². The number of hydrogen-bond donors (Lipinski definition) is 1. The van der Waals surface area contributed by atoms with E-state index in [1.54, 1.807) is 30.5 Å². The molecule has 0 spiro atoms. The van der Waals surface area contributed by atoms with Crippen LogP contribution in [0.4, 0.5) is 4.39 Å². The van der Waals surface area contributed by atoms with Gasteiger partial charge in [0.1, 0.15) is 11.6 Å². The number of hydrogen-bond acceptors (Lipinski definition) is 3. The minimum atomic E-state index is -0.494. The van der Waals surface area contributed by atoms with Crippen LogP contribution in [0.15, 0.2) is 47.1 Å². The largest absolute Gasteiger partial charge is 0.469 e. The fraction of sp³-hybridized carbons (Fsp3) is 0.214. The van der Waals surface area contributed by atoms with Crippen LogP contribution < -0.4 is 5.48 Å². The molecule has 1 amide bonds. The number of benzene rings is 1. The SMILES string of the molecule is CONC(=O)C(Cc1ccco1)c1ccc(F)cc1. The number of hydroxylamine groups is 1. The molecule has 1 aromatic carbocycles. The van der Waals surface area contributed by atoms with E-state index in [0.29, 0.717) is 17.7 Å². The van der Waals surface area contributed by atoms with Crippen molar-refractivity contribution in [2.75, 3.05) is 7.11 Å². The maximum atomic E-state index is 12.9. The Morgan fingerprint density at radius 1 is 1.37 bits per heavy atom. The van der Waals surface area contributed by atoms with Gasteiger partial charge < -0.3 is 4.42 Å². The summed E-state index contributed by atoms with van der Waals surface area (Å²) >= 11 is 0. The molecule has 0 bridgehead atoms. The third kappa shape index (κ3) is 3.42. The Hall–Kier alpha value is -2.14. The van der Waals surface area contributed by atoms with Crippen molar-refractivity contribution in [3.05, 3.63) is 59.8 Å². The Morgan fingerprint density at radius 3 is 2.68 bits per heavy atom. The number of carbonyl (C=O) groups excluding carboxylic acids is 1. The second kappa shape index (κ2) is 6.15. The van der Waals surface area contributed by atoms with Crippen molar-refractivity contribution in [1.82, 2.24) is 5.48 Å². The topological polar surface area (TPSA) is 51.5 Å². The summed E-state index contributed by atoms with van der Waals surface area (Å²) in [5.41, 5.74) is 3.00. The average Bonchev–Trinajstić information content (AvgIpc) is 2.90. The van der Waals surface area contributed by atoms with Crippen LogP contribution in [-0.2, 0) is 16.1 Å². The zero-order valence-electron chi connectivity index (χ0n) is 10.4. The molecule has 2 rings (SSSR count). The molecule has 1 heterocycles. The summed E-state index contributed by atoms with van der Waals surface area (Å²) in [4.78, 5) is 16.6. The summed E-state index contributed by atoms with van der Waals surface area (Å²) in [6.07, 6.45) is 1.93. The Balaban J connectivity index is 2.23. The van der Waals surface area contributed by atoms with Crippen molar-refractivity contribution in [2.24, 2.45) is 0 Å². The lowest BCUT2D eigenvalue weighted by Gasteiger charge is -2.15. The highest BCUT2D eigenvalue weighted by molar-refractivity contribution is 5.83. The fourth-order valence-electron chi connectivity index (χ4n) is 1.86. The fourth-order valence-corrected chi connectivity index (χ4v) is 1.86. The van der Waals surface area contributed by atoms with Gasteiger partial charge in [0, 0.05) is 6.42 Å². The predicted molar refractivity (Wildman–Crippen MR) is 66.7 cm³/mol. The van der Waals surface area contributed by atoms with Gasteiger partial charge in [0.15, 0.2) is 0 Å². The van der Waals surface area contributed by atoms with Gasteiger partial charge in [-0.25, -0.2) is 9.87 Å². The van der Waals surface area contributed by atoms with Crippen LogP contribution >= 0.6 is 0 Å². The average molecular weight is 263 g/mol. The Morgan fingerprint density at radius 2 is 2.11 bits per heavy atom. The zero-order valence-corrected chi connectivity index (χ0v) is 10.4. The molecule has 2 aromatic rings. The van der Waals surface area contributed by atoms with Gasteiger partial charge in [-0.15, -0.1) is 0 Å². The highest BCUT2D eigenvalue weighted by Crippen LogP contribution is 2.22. The van der Waals surface area contributed by atoms with Gasteiger partial charge >= 0.3 is 0 Å². The van der Waals surface area contributed by atoms with Gasteiger partial charge in [-0.05, 0) is 29.8 Å². The molecule has 4 nitrogen and oxygen atoms in total. The van der Waals surface area contributed by atoms with E-state index in [1.807, 2.05) is 0 Å². The van der Waals surface area contributed by atoms with Gasteiger partial charge in [-0.2, -0.15) is 0 Å². The Labute approximate surface area is 110 Å². The van der Waals surface area contributed by atoms with E-state index < -0.39 is 5.92 Å². The first-order valence-corrected chi connectivity index (χ1v) is 5.81. The lowest BCUT2D eigenvalue weighted by atomic mass is 9.94. The minimum absolute atomic E-state index is 0.300. The first-order valence-electron chi connectivity index (χ1n) is 5.81. The van der Waals surface area contributed by atoms with Crippen LogP contribution in [0.1, 0.15) is 17.2 Å². The van der Waals surface area contributed by atoms with E-state index in [2.05, 4.69) is 10.3 Å². The highest BCUT2D eigenvalue weighted by Gasteiger charge is 2.22. The standard InChI is InChI=1S/C14H14FNO3/c1-18-16-14(17)13(9-12-3-2-8-19-12)10-4-6-11(15)7-5-10/h2-8,13H,9H2,1H3,(H,16,17). The molecule has 1 aromatic heterocycles. The Bertz CT molecular complexity index is 522. The lowest BCUT2D eigenvalue weighted by molar-refractivity contribution is -0.133. The smallest absolute Gasteiger partial charge is 0.251 e. The van der Waals surface area contributed by atoms with E-state index in [9.17, 15) is 9.18 Å². The molecular weight excluding hydrogens is 249 g/mol. The molecule has 0 saturated carbocycles. The van der Waals surface area contributed by atoms with Crippen LogP contribution in [0.25, 0.3) is 0 Å². The second-order valence-corrected chi connectivity index (χ2v) is 4.06. The van der Waals surface area contributed by atoms with Crippen molar-refractivity contribution in [2.45, 2.75) is 12.3 Å². The number of carbonyl (C=O) groups is 1. The summed E-state index contributed by atoms with van der Waals surface area (Å²) < 4.78 is 18.2. The van der Waals surface area contributed by atoms with E-state index >= 15 is 0 Å². The number of rotatable bonds is 5. The van der Waals surface area contributed by atoms with Gasteiger partial charge in [0.2, 0.25) is 0 Å². The van der Waals surface area contributed by atoms with Gasteiger partial charge in [0.25, 0.3) is 5.91 Å². The van der Waals surface area contributed by atoms with Crippen LogP contribution in [0.2, 0.25) is 0 Å². The molecule has 100 valence electrons. The van der Waals surface area contributed by atoms with Crippen LogP contribution in [-0.4, -0.2) is 13.0 Å². The van der Waals surface area contributed by atoms with Crippen molar-refractivity contribution in [3.63, 3.8) is 0 Å².